The van der Waals surface area contributed by atoms with Crippen LogP contribution in [0.15, 0.2) is 12.3 Å². The lowest BCUT2D eigenvalue weighted by Crippen LogP contribution is -2.08. The topological polar surface area (TPSA) is 51.8 Å². The normalized spacial score (nSPS) is 19.5. The summed E-state index contributed by atoms with van der Waals surface area (Å²) in [5.74, 6) is 2.09. The van der Waals surface area contributed by atoms with Crippen molar-refractivity contribution in [2.45, 2.75) is 50.9 Å². The summed E-state index contributed by atoms with van der Waals surface area (Å²) in [5.41, 5.74) is 5.68. The van der Waals surface area contributed by atoms with Gasteiger partial charge in [0.1, 0.15) is 11.6 Å². The molecule has 1 fully saturated rings. The van der Waals surface area contributed by atoms with Gasteiger partial charge in [0.25, 0.3) is 0 Å². The predicted octanol–water partition coefficient (Wildman–Crippen LogP) is 2.89. The van der Waals surface area contributed by atoms with Crippen molar-refractivity contribution in [3.63, 3.8) is 0 Å². The molecule has 2 rings (SSSR count). The van der Waals surface area contributed by atoms with E-state index in [0.717, 1.165) is 5.82 Å². The Morgan fingerprint density at radius 1 is 1.07 bits per heavy atom. The fourth-order valence-corrected chi connectivity index (χ4v) is 2.30. The molecule has 1 saturated carbocycles. The van der Waals surface area contributed by atoms with E-state index in [1.165, 1.54) is 44.9 Å². The third-order valence-corrected chi connectivity index (χ3v) is 3.17. The first-order valence-electron chi connectivity index (χ1n) is 5.94. The average Bonchev–Trinajstić information content (AvgIpc) is 2.16. The third-order valence-electron chi connectivity index (χ3n) is 3.17. The first-order chi connectivity index (χ1) is 7.36. The molecule has 0 amide bonds. The minimum absolute atomic E-state index is 0.536. The number of hydrogen-bond acceptors (Lipinski definition) is 3. The molecule has 82 valence electrons. The number of aromatic nitrogens is 2. The van der Waals surface area contributed by atoms with Gasteiger partial charge < -0.3 is 5.73 Å². The highest BCUT2D eigenvalue weighted by Crippen LogP contribution is 2.28. The molecular formula is C12H19N3. The first kappa shape index (κ1) is 10.4. The van der Waals surface area contributed by atoms with Gasteiger partial charge in [-0.15, -0.1) is 0 Å². The number of nitrogen functional groups attached to an aromatic ring is 1. The first-order valence-corrected chi connectivity index (χ1v) is 5.94. The van der Waals surface area contributed by atoms with Crippen LogP contribution in [-0.2, 0) is 0 Å². The van der Waals surface area contributed by atoms with Crippen LogP contribution in [0.5, 0.6) is 0 Å². The Morgan fingerprint density at radius 3 is 2.40 bits per heavy atom. The van der Waals surface area contributed by atoms with E-state index >= 15 is 0 Å². The molecule has 0 unspecified atom stereocenters. The number of nitrogens with zero attached hydrogens (tertiary/aromatic N) is 2. The Morgan fingerprint density at radius 2 is 1.73 bits per heavy atom. The molecule has 1 aliphatic carbocycles. The van der Waals surface area contributed by atoms with Gasteiger partial charge in [-0.05, 0) is 18.9 Å². The summed E-state index contributed by atoms with van der Waals surface area (Å²) in [6, 6.07) is 1.76. The average molecular weight is 205 g/mol. The maximum atomic E-state index is 5.68. The van der Waals surface area contributed by atoms with Crippen molar-refractivity contribution >= 4 is 5.82 Å². The molecule has 0 aromatic carbocycles. The summed E-state index contributed by atoms with van der Waals surface area (Å²) < 4.78 is 0. The summed E-state index contributed by atoms with van der Waals surface area (Å²) in [4.78, 5) is 8.68. The second-order valence-electron chi connectivity index (χ2n) is 4.38. The van der Waals surface area contributed by atoms with Gasteiger partial charge in [-0.1, -0.05) is 32.1 Å². The number of anilines is 1. The molecular weight excluding hydrogens is 186 g/mol. The van der Waals surface area contributed by atoms with Gasteiger partial charge in [0.15, 0.2) is 0 Å². The van der Waals surface area contributed by atoms with Crippen molar-refractivity contribution in [2.75, 3.05) is 5.73 Å². The van der Waals surface area contributed by atoms with E-state index < -0.39 is 0 Å². The SMILES string of the molecule is Nc1ccnc(C2CCCCCCC2)n1. The van der Waals surface area contributed by atoms with E-state index in [2.05, 4.69) is 9.97 Å². The molecule has 0 bridgehead atoms. The van der Waals surface area contributed by atoms with Crippen LogP contribution in [0.1, 0.15) is 56.7 Å². The number of rotatable bonds is 1. The van der Waals surface area contributed by atoms with Crippen LogP contribution in [0.3, 0.4) is 0 Å². The Balaban J connectivity index is 2.06. The predicted molar refractivity (Wildman–Crippen MR) is 61.5 cm³/mol. The number of nitrogens with two attached hydrogens (primary N) is 1. The smallest absolute Gasteiger partial charge is 0.133 e. The molecule has 1 aromatic heterocycles. The van der Waals surface area contributed by atoms with Crippen LogP contribution in [0, 0.1) is 0 Å². The monoisotopic (exact) mass is 205 g/mol. The molecule has 2 N–H and O–H groups in total. The highest BCUT2D eigenvalue weighted by atomic mass is 14.9. The fraction of sp³-hybridized carbons (Fsp3) is 0.667. The zero-order valence-electron chi connectivity index (χ0n) is 9.15. The largest absolute Gasteiger partial charge is 0.384 e. The van der Waals surface area contributed by atoms with Crippen molar-refractivity contribution in [1.82, 2.24) is 9.97 Å². The van der Waals surface area contributed by atoms with Crippen LogP contribution >= 0.6 is 0 Å². The lowest BCUT2D eigenvalue weighted by molar-refractivity contribution is 0.442. The zero-order chi connectivity index (χ0) is 10.5. The summed E-state index contributed by atoms with van der Waals surface area (Å²) in [6.45, 7) is 0. The maximum absolute atomic E-state index is 5.68. The van der Waals surface area contributed by atoms with Gasteiger partial charge in [-0.25, -0.2) is 9.97 Å². The summed E-state index contributed by atoms with van der Waals surface area (Å²) >= 11 is 0. The zero-order valence-corrected chi connectivity index (χ0v) is 9.15. The third kappa shape index (κ3) is 2.91. The van der Waals surface area contributed by atoms with Crippen LogP contribution in [-0.4, -0.2) is 9.97 Å². The van der Waals surface area contributed by atoms with Crippen molar-refractivity contribution in [3.05, 3.63) is 18.1 Å². The van der Waals surface area contributed by atoms with Gasteiger partial charge in [0, 0.05) is 12.1 Å². The molecule has 3 heteroatoms. The van der Waals surface area contributed by atoms with E-state index in [4.69, 9.17) is 5.73 Å². The molecule has 0 aliphatic heterocycles. The lowest BCUT2D eigenvalue weighted by Gasteiger charge is -2.18. The second-order valence-corrected chi connectivity index (χ2v) is 4.38. The summed E-state index contributed by atoms with van der Waals surface area (Å²) in [6.07, 6.45) is 11.0. The van der Waals surface area contributed by atoms with Gasteiger partial charge in [-0.2, -0.15) is 0 Å². The van der Waals surface area contributed by atoms with Crippen molar-refractivity contribution in [1.29, 1.82) is 0 Å². The highest BCUT2D eigenvalue weighted by Gasteiger charge is 2.15. The van der Waals surface area contributed by atoms with E-state index in [1.807, 2.05) is 0 Å². The van der Waals surface area contributed by atoms with Crippen molar-refractivity contribution in [2.24, 2.45) is 0 Å². The Hall–Kier alpha value is -1.12. The Kier molecular flexibility index (Phi) is 3.54. The molecule has 0 atom stereocenters. The molecule has 15 heavy (non-hydrogen) atoms. The Labute approximate surface area is 91.1 Å². The van der Waals surface area contributed by atoms with E-state index in [-0.39, 0.29) is 0 Å². The molecule has 1 heterocycles. The quantitative estimate of drug-likeness (QED) is 0.767. The molecule has 0 saturated heterocycles. The van der Waals surface area contributed by atoms with Gasteiger partial charge in [-0.3, -0.25) is 0 Å². The summed E-state index contributed by atoms with van der Waals surface area (Å²) in [5, 5.41) is 0. The van der Waals surface area contributed by atoms with E-state index in [0.29, 0.717) is 11.7 Å². The minimum Gasteiger partial charge on any atom is -0.384 e. The van der Waals surface area contributed by atoms with E-state index in [9.17, 15) is 0 Å². The fourth-order valence-electron chi connectivity index (χ4n) is 2.30. The standard InChI is InChI=1S/C12H19N3/c13-11-8-9-14-12(15-11)10-6-4-2-1-3-5-7-10/h8-10H,1-7H2,(H2,13,14,15). The molecule has 0 radical (unpaired) electrons. The summed E-state index contributed by atoms with van der Waals surface area (Å²) in [7, 11) is 0. The maximum Gasteiger partial charge on any atom is 0.133 e. The van der Waals surface area contributed by atoms with Crippen LogP contribution in [0.25, 0.3) is 0 Å². The van der Waals surface area contributed by atoms with E-state index in [1.54, 1.807) is 12.3 Å². The van der Waals surface area contributed by atoms with Crippen LogP contribution in [0.4, 0.5) is 5.82 Å². The van der Waals surface area contributed by atoms with Crippen LogP contribution in [0.2, 0.25) is 0 Å². The molecule has 3 nitrogen and oxygen atoms in total. The lowest BCUT2D eigenvalue weighted by atomic mass is 9.90. The molecule has 1 aliphatic rings. The van der Waals surface area contributed by atoms with Crippen LogP contribution < -0.4 is 5.73 Å². The van der Waals surface area contributed by atoms with Gasteiger partial charge in [0.2, 0.25) is 0 Å². The number of hydrogen-bond donors (Lipinski definition) is 1. The highest BCUT2D eigenvalue weighted by molar-refractivity contribution is 5.25. The minimum atomic E-state index is 0.536. The molecule has 1 aromatic rings. The Bertz CT molecular complexity index is 303. The van der Waals surface area contributed by atoms with Gasteiger partial charge >= 0.3 is 0 Å². The van der Waals surface area contributed by atoms with Crippen molar-refractivity contribution < 1.29 is 0 Å². The second kappa shape index (κ2) is 5.10. The van der Waals surface area contributed by atoms with Crippen molar-refractivity contribution in [3.8, 4) is 0 Å². The van der Waals surface area contributed by atoms with Gasteiger partial charge in [0.05, 0.1) is 0 Å². The molecule has 0 spiro atoms.